The van der Waals surface area contributed by atoms with Gasteiger partial charge in [0.25, 0.3) is 11.6 Å². The number of pyridine rings is 1. The number of nitrogens with one attached hydrogen (secondary N) is 1. The van der Waals surface area contributed by atoms with E-state index in [0.29, 0.717) is 37.6 Å². The number of nitro groups is 1. The summed E-state index contributed by atoms with van der Waals surface area (Å²) in [5, 5.41) is 14.4. The van der Waals surface area contributed by atoms with Crippen molar-refractivity contribution in [2.75, 3.05) is 31.6 Å². The van der Waals surface area contributed by atoms with Gasteiger partial charge in [0.2, 0.25) is 5.91 Å². The number of anilines is 1. The van der Waals surface area contributed by atoms with Crippen molar-refractivity contribution in [2.24, 2.45) is 5.92 Å². The summed E-state index contributed by atoms with van der Waals surface area (Å²) in [5.41, 5.74) is 0.423. The zero-order valence-electron chi connectivity index (χ0n) is 17.0. The zero-order valence-corrected chi connectivity index (χ0v) is 17.0. The van der Waals surface area contributed by atoms with E-state index in [9.17, 15) is 19.7 Å². The van der Waals surface area contributed by atoms with Gasteiger partial charge in [-0.2, -0.15) is 0 Å². The Morgan fingerprint density at radius 3 is 2.71 bits per heavy atom. The molecule has 1 saturated heterocycles. The fourth-order valence-corrected chi connectivity index (χ4v) is 3.78. The summed E-state index contributed by atoms with van der Waals surface area (Å²) in [6.07, 6.45) is 2.83. The van der Waals surface area contributed by atoms with E-state index >= 15 is 0 Å². The average Bonchev–Trinajstić information content (AvgIpc) is 2.79. The summed E-state index contributed by atoms with van der Waals surface area (Å²) < 4.78 is 10.9. The largest absolute Gasteiger partial charge is 0.486 e. The van der Waals surface area contributed by atoms with Crippen LogP contribution < -0.4 is 14.8 Å². The van der Waals surface area contributed by atoms with Crippen LogP contribution in [0.25, 0.3) is 0 Å². The lowest BCUT2D eigenvalue weighted by Crippen LogP contribution is -2.44. The van der Waals surface area contributed by atoms with Crippen LogP contribution in [-0.4, -0.2) is 52.9 Å². The summed E-state index contributed by atoms with van der Waals surface area (Å²) in [4.78, 5) is 42.5. The molecule has 2 aromatic rings. The third-order valence-electron chi connectivity index (χ3n) is 5.42. The molecular formula is C21H22N4O6. The number of hydrogen-bond acceptors (Lipinski definition) is 7. The predicted octanol–water partition coefficient (Wildman–Crippen LogP) is 2.56. The summed E-state index contributed by atoms with van der Waals surface area (Å²) >= 11 is 0. The van der Waals surface area contributed by atoms with E-state index in [4.69, 9.17) is 9.47 Å². The summed E-state index contributed by atoms with van der Waals surface area (Å²) in [6.45, 7) is 3.02. The van der Waals surface area contributed by atoms with Crippen LogP contribution >= 0.6 is 0 Å². The normalized spacial score (nSPS) is 17.7. The highest BCUT2D eigenvalue weighted by atomic mass is 16.6. The molecule has 0 bridgehead atoms. The molecule has 1 aromatic heterocycles. The van der Waals surface area contributed by atoms with Gasteiger partial charge < -0.3 is 19.7 Å². The minimum atomic E-state index is -0.608. The number of hydrogen-bond donors (Lipinski definition) is 1. The number of nitrogens with zero attached hydrogens (tertiary/aromatic N) is 3. The zero-order chi connectivity index (χ0) is 22.0. The Labute approximate surface area is 178 Å². The molecule has 162 valence electrons. The molecule has 2 amide bonds. The topological polar surface area (TPSA) is 124 Å². The molecule has 0 radical (unpaired) electrons. The number of aryl methyl sites for hydroxylation is 1. The third-order valence-corrected chi connectivity index (χ3v) is 5.42. The number of rotatable bonds is 4. The van der Waals surface area contributed by atoms with Crippen LogP contribution in [0.1, 0.15) is 28.8 Å². The molecule has 3 heterocycles. The van der Waals surface area contributed by atoms with Crippen LogP contribution in [0.4, 0.5) is 11.5 Å². The lowest BCUT2D eigenvalue weighted by Gasteiger charge is -2.32. The number of fused-ring (bicyclic) bond motifs is 1. The molecule has 2 aliphatic heterocycles. The number of benzene rings is 1. The van der Waals surface area contributed by atoms with Gasteiger partial charge in [0.15, 0.2) is 11.5 Å². The maximum absolute atomic E-state index is 13.2. The Bertz CT molecular complexity index is 1040. The molecule has 1 fully saturated rings. The number of amides is 2. The molecule has 10 heteroatoms. The Kier molecular flexibility index (Phi) is 5.70. The van der Waals surface area contributed by atoms with Crippen LogP contribution in [0.2, 0.25) is 0 Å². The Morgan fingerprint density at radius 1 is 1.26 bits per heavy atom. The lowest BCUT2D eigenvalue weighted by molar-refractivity contribution is -0.385. The van der Waals surface area contributed by atoms with E-state index < -0.39 is 16.7 Å². The number of aromatic nitrogens is 1. The van der Waals surface area contributed by atoms with Gasteiger partial charge in [0.05, 0.1) is 16.9 Å². The summed E-state index contributed by atoms with van der Waals surface area (Å²) in [5.74, 6) is -0.131. The fraction of sp³-hybridized carbons (Fsp3) is 0.381. The first kappa shape index (κ1) is 20.6. The predicted molar refractivity (Wildman–Crippen MR) is 110 cm³/mol. The van der Waals surface area contributed by atoms with E-state index in [1.807, 2.05) is 13.0 Å². The van der Waals surface area contributed by atoms with Gasteiger partial charge in [-0.25, -0.2) is 4.98 Å². The minimum Gasteiger partial charge on any atom is -0.486 e. The van der Waals surface area contributed by atoms with Crippen molar-refractivity contribution in [3.63, 3.8) is 0 Å². The smallest absolute Gasteiger partial charge is 0.286 e. The molecule has 0 spiro atoms. The van der Waals surface area contributed by atoms with Crippen LogP contribution in [0.3, 0.4) is 0 Å². The molecule has 10 nitrogen and oxygen atoms in total. The van der Waals surface area contributed by atoms with Gasteiger partial charge >= 0.3 is 0 Å². The molecular weight excluding hydrogens is 404 g/mol. The van der Waals surface area contributed by atoms with Crippen LogP contribution in [0.15, 0.2) is 30.5 Å². The van der Waals surface area contributed by atoms with Crippen molar-refractivity contribution in [3.8, 4) is 11.5 Å². The second-order valence-electron chi connectivity index (χ2n) is 7.52. The number of nitro benzene ring substituents is 1. The maximum atomic E-state index is 13.2. The van der Waals surface area contributed by atoms with Crippen LogP contribution in [0.5, 0.6) is 11.5 Å². The van der Waals surface area contributed by atoms with Gasteiger partial charge in [-0.05, 0) is 31.4 Å². The molecule has 2 aliphatic rings. The molecule has 1 unspecified atom stereocenters. The molecule has 31 heavy (non-hydrogen) atoms. The number of likely N-dealkylation sites (tertiary alicyclic amines) is 1. The summed E-state index contributed by atoms with van der Waals surface area (Å²) in [7, 11) is 0. The SMILES string of the molecule is Cc1cccnc1NC(=O)C1CCCN(C(=O)c2cc3c(cc2[N+](=O)[O-])OCCO3)C1. The fourth-order valence-electron chi connectivity index (χ4n) is 3.78. The highest BCUT2D eigenvalue weighted by molar-refractivity contribution is 6.00. The average molecular weight is 426 g/mol. The van der Waals surface area contributed by atoms with E-state index in [1.165, 1.54) is 17.0 Å². The van der Waals surface area contributed by atoms with Gasteiger partial charge in [0, 0.05) is 25.4 Å². The first-order chi connectivity index (χ1) is 14.9. The third kappa shape index (κ3) is 4.27. The van der Waals surface area contributed by atoms with E-state index in [0.717, 1.165) is 5.56 Å². The Hall–Kier alpha value is -3.69. The molecule has 1 N–H and O–H groups in total. The van der Waals surface area contributed by atoms with Crippen molar-refractivity contribution in [3.05, 3.63) is 51.7 Å². The van der Waals surface area contributed by atoms with Crippen LogP contribution in [0, 0.1) is 23.0 Å². The molecule has 0 saturated carbocycles. The quantitative estimate of drug-likeness (QED) is 0.588. The first-order valence-corrected chi connectivity index (χ1v) is 10.0. The van der Waals surface area contributed by atoms with Crippen molar-refractivity contribution < 1.29 is 24.0 Å². The van der Waals surface area contributed by atoms with Gasteiger partial charge in [-0.15, -0.1) is 0 Å². The number of piperidine rings is 1. The standard InChI is InChI=1S/C21H22N4O6/c1-13-4-2-6-22-19(13)23-20(26)14-5-3-7-24(12-14)21(27)15-10-17-18(31-9-8-30-17)11-16(15)25(28)29/h2,4,6,10-11,14H,3,5,7-9,12H2,1H3,(H,22,23,26). The second-order valence-corrected chi connectivity index (χ2v) is 7.52. The van der Waals surface area contributed by atoms with E-state index in [2.05, 4.69) is 10.3 Å². The highest BCUT2D eigenvalue weighted by Gasteiger charge is 2.33. The highest BCUT2D eigenvalue weighted by Crippen LogP contribution is 2.37. The van der Waals surface area contributed by atoms with Crippen molar-refractivity contribution in [2.45, 2.75) is 19.8 Å². The molecule has 0 aliphatic carbocycles. The van der Waals surface area contributed by atoms with Crippen LogP contribution in [-0.2, 0) is 4.79 Å². The molecule has 1 aromatic carbocycles. The lowest BCUT2D eigenvalue weighted by atomic mass is 9.96. The summed E-state index contributed by atoms with van der Waals surface area (Å²) in [6, 6.07) is 6.21. The van der Waals surface area contributed by atoms with Crippen molar-refractivity contribution in [1.82, 2.24) is 9.88 Å². The van der Waals surface area contributed by atoms with E-state index in [1.54, 1.807) is 12.3 Å². The van der Waals surface area contributed by atoms with Gasteiger partial charge in [-0.1, -0.05) is 6.07 Å². The Morgan fingerprint density at radius 2 is 2.00 bits per heavy atom. The number of carbonyl (C=O) groups excluding carboxylic acids is 2. The van der Waals surface area contributed by atoms with E-state index in [-0.39, 0.29) is 36.1 Å². The van der Waals surface area contributed by atoms with Crippen molar-refractivity contribution in [1.29, 1.82) is 0 Å². The Balaban J connectivity index is 1.53. The molecule has 4 rings (SSSR count). The number of ether oxygens (including phenoxy) is 2. The van der Waals surface area contributed by atoms with Gasteiger partial charge in [0.1, 0.15) is 24.6 Å². The monoisotopic (exact) mass is 426 g/mol. The second kappa shape index (κ2) is 8.58. The van der Waals surface area contributed by atoms with Crippen molar-refractivity contribution >= 4 is 23.3 Å². The number of carbonyl (C=O) groups is 2. The van der Waals surface area contributed by atoms with Gasteiger partial charge in [-0.3, -0.25) is 19.7 Å². The first-order valence-electron chi connectivity index (χ1n) is 10.0. The maximum Gasteiger partial charge on any atom is 0.286 e. The molecule has 1 atom stereocenters. The minimum absolute atomic E-state index is 0.0733.